The summed E-state index contributed by atoms with van der Waals surface area (Å²) in [6.07, 6.45) is 5.93. The van der Waals surface area contributed by atoms with Crippen molar-refractivity contribution in [2.45, 2.75) is 31.4 Å². The Morgan fingerprint density at radius 1 is 1.48 bits per heavy atom. The zero-order valence-corrected chi connectivity index (χ0v) is 13.4. The van der Waals surface area contributed by atoms with Gasteiger partial charge in [-0.3, -0.25) is 9.78 Å². The van der Waals surface area contributed by atoms with Crippen LogP contribution in [0, 0.1) is 5.92 Å². The van der Waals surface area contributed by atoms with E-state index in [0.29, 0.717) is 38.7 Å². The van der Waals surface area contributed by atoms with E-state index in [9.17, 15) is 4.79 Å². The van der Waals surface area contributed by atoms with E-state index < -0.39 is 0 Å². The summed E-state index contributed by atoms with van der Waals surface area (Å²) in [5.41, 5.74) is 0.824. The van der Waals surface area contributed by atoms with Gasteiger partial charge in [-0.1, -0.05) is 12.1 Å². The Balaban J connectivity index is 1.59. The molecule has 1 aliphatic carbocycles. The van der Waals surface area contributed by atoms with Crippen molar-refractivity contribution in [3.05, 3.63) is 42.7 Å². The van der Waals surface area contributed by atoms with Crippen LogP contribution in [-0.2, 0) is 20.7 Å². The molecule has 0 N–H and O–H groups in total. The molecule has 1 saturated heterocycles. The second-order valence-electron chi connectivity index (χ2n) is 6.23. The Morgan fingerprint density at radius 2 is 2.39 bits per heavy atom. The molecule has 3 rings (SSSR count). The lowest BCUT2D eigenvalue weighted by Crippen LogP contribution is -2.51. The first-order chi connectivity index (χ1) is 11.3. The molecule has 5 nitrogen and oxygen atoms in total. The van der Waals surface area contributed by atoms with Gasteiger partial charge in [-0.2, -0.15) is 0 Å². The normalized spacial score (nSPS) is 26.8. The van der Waals surface area contributed by atoms with Crippen LogP contribution in [0.2, 0.25) is 0 Å². The third kappa shape index (κ3) is 3.98. The molecule has 2 aliphatic rings. The van der Waals surface area contributed by atoms with Crippen LogP contribution in [0.15, 0.2) is 37.1 Å². The fourth-order valence-corrected chi connectivity index (χ4v) is 3.57. The number of pyridine rings is 1. The van der Waals surface area contributed by atoms with Gasteiger partial charge >= 0.3 is 0 Å². The van der Waals surface area contributed by atoms with Crippen LogP contribution in [0.1, 0.15) is 18.5 Å². The third-order valence-corrected chi connectivity index (χ3v) is 4.60. The van der Waals surface area contributed by atoms with Gasteiger partial charge in [0.15, 0.2) is 0 Å². The van der Waals surface area contributed by atoms with Gasteiger partial charge in [0.25, 0.3) is 0 Å². The lowest BCUT2D eigenvalue weighted by molar-refractivity contribution is -0.143. The van der Waals surface area contributed by atoms with Crippen molar-refractivity contribution in [3.63, 3.8) is 0 Å². The molecule has 1 aliphatic heterocycles. The molecule has 1 aromatic rings. The smallest absolute Gasteiger partial charge is 0.229 e. The van der Waals surface area contributed by atoms with E-state index in [0.717, 1.165) is 18.5 Å². The molecule has 1 aromatic heterocycles. The predicted molar refractivity (Wildman–Crippen MR) is 86.9 cm³/mol. The fraction of sp³-hybridized carbons (Fsp3) is 0.556. The Kier molecular flexibility index (Phi) is 5.41. The van der Waals surface area contributed by atoms with E-state index >= 15 is 0 Å². The monoisotopic (exact) mass is 316 g/mol. The highest BCUT2D eigenvalue weighted by molar-refractivity contribution is 5.78. The highest BCUT2D eigenvalue weighted by atomic mass is 16.5. The van der Waals surface area contributed by atoms with Crippen LogP contribution in [0.3, 0.4) is 0 Å². The van der Waals surface area contributed by atoms with Crippen LogP contribution in [0.25, 0.3) is 0 Å². The van der Waals surface area contributed by atoms with Crippen LogP contribution in [-0.4, -0.2) is 54.3 Å². The van der Waals surface area contributed by atoms with Crippen molar-refractivity contribution in [2.75, 3.05) is 26.4 Å². The Morgan fingerprint density at radius 3 is 3.17 bits per heavy atom. The number of hydrogen-bond acceptors (Lipinski definition) is 4. The van der Waals surface area contributed by atoms with Crippen LogP contribution >= 0.6 is 0 Å². The van der Waals surface area contributed by atoms with Gasteiger partial charge in [0.05, 0.1) is 31.8 Å². The minimum atomic E-state index is 0.147. The number of carbonyl (C=O) groups excluding carboxylic acids is 1. The number of morpholine rings is 1. The quantitative estimate of drug-likeness (QED) is 0.593. The largest absolute Gasteiger partial charge is 0.377 e. The second-order valence-corrected chi connectivity index (χ2v) is 6.23. The molecule has 124 valence electrons. The number of ether oxygens (including phenoxy) is 2. The van der Waals surface area contributed by atoms with E-state index in [4.69, 9.17) is 9.47 Å². The number of nitrogens with zero attached hydrogens (tertiary/aromatic N) is 2. The average Bonchev–Trinajstić information content (AvgIpc) is 2.98. The fourth-order valence-electron chi connectivity index (χ4n) is 3.57. The molecule has 23 heavy (non-hydrogen) atoms. The van der Waals surface area contributed by atoms with Gasteiger partial charge in [0.1, 0.15) is 0 Å². The van der Waals surface area contributed by atoms with Crippen molar-refractivity contribution in [1.29, 1.82) is 0 Å². The summed E-state index contributed by atoms with van der Waals surface area (Å²) < 4.78 is 11.5. The summed E-state index contributed by atoms with van der Waals surface area (Å²) >= 11 is 0. The van der Waals surface area contributed by atoms with Gasteiger partial charge < -0.3 is 14.4 Å². The van der Waals surface area contributed by atoms with Crippen LogP contribution < -0.4 is 0 Å². The first kappa shape index (κ1) is 16.1. The number of carbonyl (C=O) groups is 1. The molecule has 0 aromatic carbocycles. The molecule has 5 heteroatoms. The highest BCUT2D eigenvalue weighted by Gasteiger charge is 2.42. The SMILES string of the molecule is C=CCOCC1C[C@@H]2[C@@H](C1)OCCN2C(=O)Cc1ccccn1. The first-order valence-electron chi connectivity index (χ1n) is 8.27. The average molecular weight is 316 g/mol. The van der Waals surface area contributed by atoms with Crippen molar-refractivity contribution in [1.82, 2.24) is 9.88 Å². The number of amides is 1. The number of aromatic nitrogens is 1. The summed E-state index contributed by atoms with van der Waals surface area (Å²) in [5.74, 6) is 0.600. The van der Waals surface area contributed by atoms with E-state index in [1.807, 2.05) is 23.1 Å². The van der Waals surface area contributed by atoms with Gasteiger partial charge in [-0.25, -0.2) is 0 Å². The Hall–Kier alpha value is -1.72. The highest BCUT2D eigenvalue weighted by Crippen LogP contribution is 2.34. The molecular weight excluding hydrogens is 292 g/mol. The van der Waals surface area contributed by atoms with Gasteiger partial charge in [0.2, 0.25) is 5.91 Å². The third-order valence-electron chi connectivity index (χ3n) is 4.60. The van der Waals surface area contributed by atoms with E-state index in [-0.39, 0.29) is 18.1 Å². The summed E-state index contributed by atoms with van der Waals surface area (Å²) in [6, 6.07) is 5.86. The summed E-state index contributed by atoms with van der Waals surface area (Å²) in [6.45, 7) is 6.25. The molecule has 1 unspecified atom stereocenters. The molecule has 3 atom stereocenters. The number of hydrogen-bond donors (Lipinski definition) is 0. The molecule has 0 bridgehead atoms. The van der Waals surface area contributed by atoms with E-state index in [1.165, 1.54) is 0 Å². The summed E-state index contributed by atoms with van der Waals surface area (Å²) in [4.78, 5) is 18.9. The molecule has 0 radical (unpaired) electrons. The zero-order chi connectivity index (χ0) is 16.1. The van der Waals surface area contributed by atoms with E-state index in [1.54, 1.807) is 12.3 Å². The molecule has 2 fully saturated rings. The lowest BCUT2D eigenvalue weighted by atomic mass is 10.1. The zero-order valence-electron chi connectivity index (χ0n) is 13.4. The summed E-state index contributed by atoms with van der Waals surface area (Å²) in [7, 11) is 0. The molecule has 2 heterocycles. The molecular formula is C18H24N2O3. The topological polar surface area (TPSA) is 51.7 Å². The minimum absolute atomic E-state index is 0.147. The number of fused-ring (bicyclic) bond motifs is 1. The van der Waals surface area contributed by atoms with Gasteiger partial charge in [-0.05, 0) is 30.9 Å². The second kappa shape index (κ2) is 7.70. The van der Waals surface area contributed by atoms with Gasteiger partial charge in [0, 0.05) is 25.0 Å². The van der Waals surface area contributed by atoms with Crippen molar-refractivity contribution < 1.29 is 14.3 Å². The van der Waals surface area contributed by atoms with Crippen molar-refractivity contribution in [2.24, 2.45) is 5.92 Å². The lowest BCUT2D eigenvalue weighted by Gasteiger charge is -2.37. The summed E-state index contributed by atoms with van der Waals surface area (Å²) in [5, 5.41) is 0. The van der Waals surface area contributed by atoms with Crippen LogP contribution in [0.5, 0.6) is 0 Å². The predicted octanol–water partition coefficient (Wildman–Crippen LogP) is 1.83. The number of rotatable bonds is 6. The van der Waals surface area contributed by atoms with Gasteiger partial charge in [-0.15, -0.1) is 6.58 Å². The minimum Gasteiger partial charge on any atom is -0.377 e. The Labute approximate surface area is 137 Å². The molecule has 0 spiro atoms. The van der Waals surface area contributed by atoms with E-state index in [2.05, 4.69) is 11.6 Å². The maximum Gasteiger partial charge on any atom is 0.229 e. The standard InChI is InChI=1S/C18H24N2O3/c1-2-8-22-13-14-10-16-17(11-14)23-9-7-20(16)18(21)12-15-5-3-4-6-19-15/h2-6,14,16-17H,1,7-13H2/t14?,16-,17-/m1/s1. The first-order valence-corrected chi connectivity index (χ1v) is 8.27. The molecule has 1 saturated carbocycles. The maximum absolute atomic E-state index is 12.7. The maximum atomic E-state index is 12.7. The van der Waals surface area contributed by atoms with Crippen molar-refractivity contribution in [3.8, 4) is 0 Å². The Bertz CT molecular complexity index is 534. The van der Waals surface area contributed by atoms with Crippen LogP contribution in [0.4, 0.5) is 0 Å². The van der Waals surface area contributed by atoms with Crippen molar-refractivity contribution >= 4 is 5.91 Å². The molecule has 1 amide bonds.